The van der Waals surface area contributed by atoms with Crippen molar-refractivity contribution >= 4 is 23.3 Å². The summed E-state index contributed by atoms with van der Waals surface area (Å²) in [5.74, 6) is 1.60. The van der Waals surface area contributed by atoms with E-state index < -0.39 is 0 Å². The number of benzene rings is 1. The number of aryl methyl sites for hydroxylation is 1. The minimum absolute atomic E-state index is 0.0551. The molecule has 4 nitrogen and oxygen atoms in total. The SMILES string of the molecule is Cc1nc(COc2ccccc2/C=C/C(=O)N(C)C2CCC(C)CC2)cs1. The zero-order chi connectivity index (χ0) is 19.2. The molecule has 0 unspecified atom stereocenters. The molecule has 1 aliphatic rings. The van der Waals surface area contributed by atoms with E-state index in [1.807, 2.05) is 54.6 Å². The molecule has 144 valence electrons. The maximum absolute atomic E-state index is 12.6. The van der Waals surface area contributed by atoms with Crippen molar-refractivity contribution in [1.82, 2.24) is 9.88 Å². The topological polar surface area (TPSA) is 42.4 Å². The van der Waals surface area contributed by atoms with Crippen LogP contribution in [-0.2, 0) is 11.4 Å². The van der Waals surface area contributed by atoms with E-state index in [9.17, 15) is 4.79 Å². The Bertz CT molecular complexity index is 791. The number of amides is 1. The van der Waals surface area contributed by atoms with Crippen LogP contribution in [0.2, 0.25) is 0 Å². The van der Waals surface area contributed by atoms with Crippen molar-refractivity contribution < 1.29 is 9.53 Å². The van der Waals surface area contributed by atoms with Gasteiger partial charge < -0.3 is 9.64 Å². The third kappa shape index (κ3) is 5.42. The summed E-state index contributed by atoms with van der Waals surface area (Å²) in [4.78, 5) is 18.9. The number of aromatic nitrogens is 1. The van der Waals surface area contributed by atoms with E-state index in [1.54, 1.807) is 17.4 Å². The van der Waals surface area contributed by atoms with Gasteiger partial charge in [0, 0.05) is 30.1 Å². The second kappa shape index (κ2) is 9.18. The molecule has 3 rings (SSSR count). The van der Waals surface area contributed by atoms with Gasteiger partial charge in [0.2, 0.25) is 5.91 Å². The van der Waals surface area contributed by atoms with Gasteiger partial charge in [-0.1, -0.05) is 25.1 Å². The number of carbonyl (C=O) groups is 1. The molecule has 0 radical (unpaired) electrons. The average molecular weight is 385 g/mol. The Balaban J connectivity index is 1.61. The average Bonchev–Trinajstić information content (AvgIpc) is 3.10. The first-order valence-corrected chi connectivity index (χ1v) is 10.5. The van der Waals surface area contributed by atoms with E-state index in [1.165, 1.54) is 12.8 Å². The normalized spacial score (nSPS) is 20.0. The molecule has 1 fully saturated rings. The molecule has 1 amide bonds. The second-order valence-corrected chi connectivity index (χ2v) is 8.44. The summed E-state index contributed by atoms with van der Waals surface area (Å²) < 4.78 is 5.93. The third-order valence-corrected chi connectivity index (χ3v) is 6.07. The molecule has 1 saturated carbocycles. The predicted octanol–water partition coefficient (Wildman–Crippen LogP) is 5.08. The highest BCUT2D eigenvalue weighted by molar-refractivity contribution is 7.09. The lowest BCUT2D eigenvalue weighted by Gasteiger charge is -2.33. The van der Waals surface area contributed by atoms with Gasteiger partial charge in [-0.25, -0.2) is 4.98 Å². The fourth-order valence-electron chi connectivity index (χ4n) is 3.46. The van der Waals surface area contributed by atoms with Gasteiger partial charge in [0.15, 0.2) is 0 Å². The van der Waals surface area contributed by atoms with Gasteiger partial charge >= 0.3 is 0 Å². The van der Waals surface area contributed by atoms with Crippen molar-refractivity contribution in [2.45, 2.75) is 52.2 Å². The molecule has 0 spiro atoms. The summed E-state index contributed by atoms with van der Waals surface area (Å²) in [5.41, 5.74) is 1.84. The van der Waals surface area contributed by atoms with Crippen molar-refractivity contribution in [2.24, 2.45) is 5.92 Å². The zero-order valence-electron chi connectivity index (χ0n) is 16.4. The van der Waals surface area contributed by atoms with Gasteiger partial charge in [-0.2, -0.15) is 0 Å². The van der Waals surface area contributed by atoms with Crippen LogP contribution in [0.4, 0.5) is 0 Å². The van der Waals surface area contributed by atoms with Crippen molar-refractivity contribution in [1.29, 1.82) is 0 Å². The number of ether oxygens (including phenoxy) is 1. The number of rotatable bonds is 6. The van der Waals surface area contributed by atoms with E-state index in [2.05, 4.69) is 11.9 Å². The first kappa shape index (κ1) is 19.6. The molecule has 0 aliphatic heterocycles. The van der Waals surface area contributed by atoms with Crippen LogP contribution in [0.15, 0.2) is 35.7 Å². The lowest BCUT2D eigenvalue weighted by atomic mass is 9.87. The Morgan fingerprint density at radius 3 is 2.74 bits per heavy atom. The molecule has 5 heteroatoms. The monoisotopic (exact) mass is 384 g/mol. The Morgan fingerprint density at radius 2 is 2.04 bits per heavy atom. The largest absolute Gasteiger partial charge is 0.487 e. The van der Waals surface area contributed by atoms with E-state index in [0.717, 1.165) is 40.8 Å². The number of para-hydroxylation sites is 1. The Labute approximate surface area is 165 Å². The van der Waals surface area contributed by atoms with Crippen LogP contribution < -0.4 is 4.74 Å². The molecule has 1 aliphatic carbocycles. The molecule has 0 N–H and O–H groups in total. The summed E-state index contributed by atoms with van der Waals surface area (Å²) in [7, 11) is 1.92. The van der Waals surface area contributed by atoms with Crippen LogP contribution in [0.25, 0.3) is 6.08 Å². The van der Waals surface area contributed by atoms with Crippen LogP contribution >= 0.6 is 11.3 Å². The Kier molecular flexibility index (Phi) is 6.67. The van der Waals surface area contributed by atoms with E-state index >= 15 is 0 Å². The molecule has 0 bridgehead atoms. The number of hydrogen-bond donors (Lipinski definition) is 0. The number of likely N-dealkylation sites (N-methyl/N-ethyl adjacent to an activating group) is 1. The van der Waals surface area contributed by atoms with Crippen LogP contribution in [0.5, 0.6) is 5.75 Å². The smallest absolute Gasteiger partial charge is 0.246 e. The van der Waals surface area contributed by atoms with Crippen molar-refractivity contribution in [3.8, 4) is 5.75 Å². The van der Waals surface area contributed by atoms with Gasteiger partial charge in [0.25, 0.3) is 0 Å². The minimum Gasteiger partial charge on any atom is -0.487 e. The maximum atomic E-state index is 12.6. The first-order chi connectivity index (χ1) is 13.0. The molecule has 2 aromatic rings. The van der Waals surface area contributed by atoms with E-state index in [4.69, 9.17) is 4.74 Å². The summed E-state index contributed by atoms with van der Waals surface area (Å²) in [6.45, 7) is 4.71. The maximum Gasteiger partial charge on any atom is 0.246 e. The molecule has 1 aromatic carbocycles. The fourth-order valence-corrected chi connectivity index (χ4v) is 4.06. The quantitative estimate of drug-likeness (QED) is 0.652. The summed E-state index contributed by atoms with van der Waals surface area (Å²) >= 11 is 1.62. The predicted molar refractivity (Wildman–Crippen MR) is 111 cm³/mol. The number of hydrogen-bond acceptors (Lipinski definition) is 4. The minimum atomic E-state index is 0.0551. The first-order valence-electron chi connectivity index (χ1n) is 9.60. The number of nitrogens with zero attached hydrogens (tertiary/aromatic N) is 2. The summed E-state index contributed by atoms with van der Waals surface area (Å²) in [5, 5.41) is 3.05. The highest BCUT2D eigenvalue weighted by Crippen LogP contribution is 2.27. The molecule has 1 aromatic heterocycles. The van der Waals surface area contributed by atoms with E-state index in [0.29, 0.717) is 12.6 Å². The Morgan fingerprint density at radius 1 is 1.30 bits per heavy atom. The van der Waals surface area contributed by atoms with Crippen LogP contribution in [0, 0.1) is 12.8 Å². The van der Waals surface area contributed by atoms with Gasteiger partial charge in [0.05, 0.1) is 10.7 Å². The third-order valence-electron chi connectivity index (χ3n) is 5.25. The molecular formula is C22H28N2O2S. The van der Waals surface area contributed by atoms with Gasteiger partial charge in [-0.3, -0.25) is 4.79 Å². The van der Waals surface area contributed by atoms with Crippen molar-refractivity contribution in [3.63, 3.8) is 0 Å². The summed E-state index contributed by atoms with van der Waals surface area (Å²) in [6, 6.07) is 8.15. The second-order valence-electron chi connectivity index (χ2n) is 7.38. The Hall–Kier alpha value is -2.14. The van der Waals surface area contributed by atoms with Crippen LogP contribution in [-0.4, -0.2) is 28.9 Å². The molecule has 1 heterocycles. The van der Waals surface area contributed by atoms with Crippen LogP contribution in [0.1, 0.15) is 48.9 Å². The van der Waals surface area contributed by atoms with Gasteiger partial charge in [-0.15, -0.1) is 11.3 Å². The molecule has 0 atom stereocenters. The standard InChI is InChI=1S/C22H28N2O2S/c1-16-8-11-20(12-9-16)24(3)22(25)13-10-18-6-4-5-7-21(18)26-14-19-15-27-17(2)23-19/h4-7,10,13,15-16,20H,8-9,11-12,14H2,1-3H3/b13-10+. The highest BCUT2D eigenvalue weighted by Gasteiger charge is 2.23. The molecule has 0 saturated heterocycles. The van der Waals surface area contributed by atoms with Crippen molar-refractivity contribution in [2.75, 3.05) is 7.05 Å². The van der Waals surface area contributed by atoms with Gasteiger partial charge in [0.1, 0.15) is 12.4 Å². The fraction of sp³-hybridized carbons (Fsp3) is 0.455. The molecular weight excluding hydrogens is 356 g/mol. The van der Waals surface area contributed by atoms with Crippen molar-refractivity contribution in [3.05, 3.63) is 52.0 Å². The number of thiazole rings is 1. The van der Waals surface area contributed by atoms with E-state index in [-0.39, 0.29) is 5.91 Å². The lowest BCUT2D eigenvalue weighted by Crippen LogP contribution is -2.38. The number of carbonyl (C=O) groups excluding carboxylic acids is 1. The summed E-state index contributed by atoms with van der Waals surface area (Å²) in [6.07, 6.45) is 8.13. The lowest BCUT2D eigenvalue weighted by molar-refractivity contribution is -0.127. The zero-order valence-corrected chi connectivity index (χ0v) is 17.2. The van der Waals surface area contributed by atoms with Crippen LogP contribution in [0.3, 0.4) is 0 Å². The highest BCUT2D eigenvalue weighted by atomic mass is 32.1. The molecule has 27 heavy (non-hydrogen) atoms. The van der Waals surface area contributed by atoms with Gasteiger partial charge in [-0.05, 0) is 50.7 Å².